The largest absolute Gasteiger partial charge is 0.490 e. The first-order chi connectivity index (χ1) is 15.4. The van der Waals surface area contributed by atoms with Crippen molar-refractivity contribution in [1.82, 2.24) is 9.78 Å². The Bertz CT molecular complexity index is 1110. The summed E-state index contributed by atoms with van der Waals surface area (Å²) in [5.41, 5.74) is 0.913. The molecule has 32 heavy (non-hydrogen) atoms. The van der Waals surface area contributed by atoms with Gasteiger partial charge in [-0.3, -0.25) is 0 Å². The smallest absolute Gasteiger partial charge is 0.357 e. The van der Waals surface area contributed by atoms with Gasteiger partial charge in [0.05, 0.1) is 26.5 Å². The Balaban J connectivity index is 2.19. The van der Waals surface area contributed by atoms with Gasteiger partial charge in [0.1, 0.15) is 11.3 Å². The van der Waals surface area contributed by atoms with E-state index in [1.165, 1.54) is 37.1 Å². The maximum Gasteiger partial charge on any atom is 0.357 e. The lowest BCUT2D eigenvalue weighted by molar-refractivity contribution is 0.0549. The van der Waals surface area contributed by atoms with E-state index in [1.54, 1.807) is 24.3 Å². The number of ether oxygens (including phenoxy) is 3. The third kappa shape index (κ3) is 4.80. The summed E-state index contributed by atoms with van der Waals surface area (Å²) >= 11 is 0. The van der Waals surface area contributed by atoms with Crippen LogP contribution in [0, 0.1) is 11.7 Å². The summed E-state index contributed by atoms with van der Waals surface area (Å²) in [6.07, 6.45) is 0.756. The molecule has 0 aliphatic carbocycles. The van der Waals surface area contributed by atoms with Crippen LogP contribution in [-0.4, -0.2) is 42.5 Å². The van der Waals surface area contributed by atoms with E-state index in [1.807, 2.05) is 19.9 Å². The van der Waals surface area contributed by atoms with Gasteiger partial charge < -0.3 is 14.2 Å². The molecule has 3 aromatic rings. The fraction of sp³-hybridized carbons (Fsp3) is 0.292. The molecule has 3 rings (SSSR count). The summed E-state index contributed by atoms with van der Waals surface area (Å²) in [4.78, 5) is 25.3. The second-order valence-electron chi connectivity index (χ2n) is 7.48. The third-order valence-electron chi connectivity index (χ3n) is 4.81. The Kier molecular flexibility index (Phi) is 7.25. The van der Waals surface area contributed by atoms with Gasteiger partial charge >= 0.3 is 11.9 Å². The monoisotopic (exact) mass is 440 g/mol. The Morgan fingerprint density at radius 2 is 1.72 bits per heavy atom. The number of carbonyl (C=O) groups excluding carboxylic acids is 2. The van der Waals surface area contributed by atoms with Gasteiger partial charge in [-0.2, -0.15) is 5.10 Å². The summed E-state index contributed by atoms with van der Waals surface area (Å²) < 4.78 is 31.1. The van der Waals surface area contributed by atoms with E-state index in [2.05, 4.69) is 5.10 Å². The molecule has 0 unspecified atom stereocenters. The summed E-state index contributed by atoms with van der Waals surface area (Å²) in [6, 6.07) is 13.0. The van der Waals surface area contributed by atoms with Gasteiger partial charge in [0.25, 0.3) is 0 Å². The first-order valence-electron chi connectivity index (χ1n) is 10.1. The summed E-state index contributed by atoms with van der Waals surface area (Å²) in [5, 5.41) is 4.50. The molecule has 0 spiro atoms. The number of nitrogens with zero attached hydrogens (tertiary/aromatic N) is 2. The van der Waals surface area contributed by atoms with Crippen molar-refractivity contribution >= 4 is 11.9 Å². The van der Waals surface area contributed by atoms with Crippen LogP contribution < -0.4 is 4.74 Å². The molecule has 0 saturated carbocycles. The van der Waals surface area contributed by atoms with Crippen LogP contribution in [-0.2, 0) is 9.47 Å². The number of halogens is 1. The van der Waals surface area contributed by atoms with Gasteiger partial charge in [-0.05, 0) is 42.7 Å². The summed E-state index contributed by atoms with van der Waals surface area (Å²) in [5.74, 6) is -1.63. The van der Waals surface area contributed by atoms with Crippen molar-refractivity contribution < 1.29 is 28.2 Å². The molecule has 0 atom stereocenters. The van der Waals surface area contributed by atoms with Gasteiger partial charge in [-0.25, -0.2) is 18.7 Å². The molecule has 2 aromatic carbocycles. The van der Waals surface area contributed by atoms with Crippen LogP contribution in [0.1, 0.15) is 41.1 Å². The molecule has 0 bridgehead atoms. The van der Waals surface area contributed by atoms with E-state index in [-0.39, 0.29) is 22.7 Å². The highest BCUT2D eigenvalue weighted by atomic mass is 19.1. The molecule has 0 aliphatic heterocycles. The van der Waals surface area contributed by atoms with Crippen molar-refractivity contribution in [3.8, 4) is 22.7 Å². The van der Waals surface area contributed by atoms with Crippen LogP contribution in [0.2, 0.25) is 0 Å². The SMILES string of the molecule is COC(=O)c1c(-c2ccc(F)c(OCCC(C)C)c2)nn(-c2ccccc2)c1C(=O)OC. The lowest BCUT2D eigenvalue weighted by atomic mass is 10.0. The van der Waals surface area contributed by atoms with E-state index in [9.17, 15) is 14.0 Å². The number of aromatic nitrogens is 2. The van der Waals surface area contributed by atoms with Crippen molar-refractivity contribution in [3.05, 3.63) is 65.6 Å². The highest BCUT2D eigenvalue weighted by Gasteiger charge is 2.31. The second kappa shape index (κ2) is 10.1. The van der Waals surface area contributed by atoms with Crippen LogP contribution in [0.5, 0.6) is 5.75 Å². The average Bonchev–Trinajstić information content (AvgIpc) is 3.20. The predicted molar refractivity (Wildman–Crippen MR) is 117 cm³/mol. The van der Waals surface area contributed by atoms with Gasteiger partial charge in [0, 0.05) is 5.56 Å². The van der Waals surface area contributed by atoms with Crippen LogP contribution >= 0.6 is 0 Å². The van der Waals surface area contributed by atoms with Crippen molar-refractivity contribution in [2.24, 2.45) is 5.92 Å². The zero-order valence-electron chi connectivity index (χ0n) is 18.4. The molecule has 7 nitrogen and oxygen atoms in total. The van der Waals surface area contributed by atoms with Gasteiger partial charge in [0.2, 0.25) is 0 Å². The van der Waals surface area contributed by atoms with Crippen molar-refractivity contribution in [2.45, 2.75) is 20.3 Å². The fourth-order valence-electron chi connectivity index (χ4n) is 3.12. The molecule has 0 aliphatic rings. The molecule has 1 heterocycles. The van der Waals surface area contributed by atoms with Crippen molar-refractivity contribution in [3.63, 3.8) is 0 Å². The fourth-order valence-corrected chi connectivity index (χ4v) is 3.12. The number of esters is 2. The van der Waals surface area contributed by atoms with E-state index in [4.69, 9.17) is 14.2 Å². The Morgan fingerprint density at radius 1 is 1.03 bits per heavy atom. The van der Waals surface area contributed by atoms with E-state index in [0.29, 0.717) is 23.8 Å². The number of hydrogen-bond acceptors (Lipinski definition) is 6. The first kappa shape index (κ1) is 23.0. The maximum atomic E-state index is 14.4. The predicted octanol–water partition coefficient (Wildman–Crippen LogP) is 4.68. The number of benzene rings is 2. The lowest BCUT2D eigenvalue weighted by Gasteiger charge is -2.10. The molecule has 168 valence electrons. The van der Waals surface area contributed by atoms with Crippen molar-refractivity contribution in [1.29, 1.82) is 0 Å². The number of rotatable bonds is 8. The molecule has 1 aromatic heterocycles. The second-order valence-corrected chi connectivity index (χ2v) is 7.48. The summed E-state index contributed by atoms with van der Waals surface area (Å²) in [7, 11) is 2.42. The van der Waals surface area contributed by atoms with Gasteiger partial charge in [-0.1, -0.05) is 32.0 Å². The minimum absolute atomic E-state index is 0.0350. The van der Waals surface area contributed by atoms with Crippen LogP contribution in [0.3, 0.4) is 0 Å². The normalized spacial score (nSPS) is 10.8. The Hall–Kier alpha value is -3.68. The molecule has 0 saturated heterocycles. The number of carbonyl (C=O) groups is 2. The maximum absolute atomic E-state index is 14.4. The molecular formula is C24H25FN2O5. The third-order valence-corrected chi connectivity index (χ3v) is 4.81. The summed E-state index contributed by atoms with van der Waals surface area (Å²) in [6.45, 7) is 4.43. The number of hydrogen-bond donors (Lipinski definition) is 0. The van der Waals surface area contributed by atoms with Crippen LogP contribution in [0.15, 0.2) is 48.5 Å². The minimum atomic E-state index is -0.769. The average molecular weight is 440 g/mol. The van der Waals surface area contributed by atoms with E-state index in [0.717, 1.165) is 6.42 Å². The molecule has 0 N–H and O–H groups in total. The Labute approximate surface area is 185 Å². The van der Waals surface area contributed by atoms with E-state index >= 15 is 0 Å². The van der Waals surface area contributed by atoms with Gasteiger partial charge in [0.15, 0.2) is 17.3 Å². The van der Waals surface area contributed by atoms with Gasteiger partial charge in [-0.15, -0.1) is 0 Å². The van der Waals surface area contributed by atoms with Crippen LogP contribution in [0.25, 0.3) is 16.9 Å². The molecule has 0 radical (unpaired) electrons. The van der Waals surface area contributed by atoms with Crippen molar-refractivity contribution in [2.75, 3.05) is 20.8 Å². The molecular weight excluding hydrogens is 415 g/mol. The number of methoxy groups -OCH3 is 2. The topological polar surface area (TPSA) is 79.7 Å². The highest BCUT2D eigenvalue weighted by Crippen LogP contribution is 2.32. The zero-order valence-corrected chi connectivity index (χ0v) is 18.4. The highest BCUT2D eigenvalue weighted by molar-refractivity contribution is 6.06. The molecule has 0 fully saturated rings. The Morgan fingerprint density at radius 3 is 2.34 bits per heavy atom. The lowest BCUT2D eigenvalue weighted by Crippen LogP contribution is -2.15. The minimum Gasteiger partial charge on any atom is -0.490 e. The molecule has 8 heteroatoms. The van der Waals surface area contributed by atoms with E-state index < -0.39 is 17.8 Å². The standard InChI is InChI=1S/C24H25FN2O5/c1-15(2)12-13-32-19-14-16(10-11-18(19)25)21-20(23(28)30-3)22(24(29)31-4)27(26-21)17-8-6-5-7-9-17/h5-11,14-15H,12-13H2,1-4H3. The first-order valence-corrected chi connectivity index (χ1v) is 10.1. The quantitative estimate of drug-likeness (QED) is 0.474. The van der Waals surface area contributed by atoms with Crippen LogP contribution in [0.4, 0.5) is 4.39 Å². The number of para-hydroxylation sites is 1. The molecule has 0 amide bonds. The zero-order chi connectivity index (χ0) is 23.3.